The van der Waals surface area contributed by atoms with Gasteiger partial charge in [0, 0.05) is 16.3 Å². The van der Waals surface area contributed by atoms with Crippen molar-refractivity contribution in [3.63, 3.8) is 0 Å². The molecule has 2 aliphatic heterocycles. The Bertz CT molecular complexity index is 898. The Kier molecular flexibility index (Phi) is 3.12. The quantitative estimate of drug-likeness (QED) is 0.791. The first-order valence-corrected chi connectivity index (χ1v) is 8.59. The Labute approximate surface area is 138 Å². The normalized spacial score (nSPS) is 22.4. The molecule has 0 aliphatic carbocycles. The molecule has 118 valence electrons. The maximum atomic E-state index is 12.8. The van der Waals surface area contributed by atoms with Crippen LogP contribution in [0.5, 0.6) is 5.75 Å². The van der Waals surface area contributed by atoms with Crippen molar-refractivity contribution in [3.05, 3.63) is 59.1 Å². The predicted octanol–water partition coefficient (Wildman–Crippen LogP) is 2.32. The molecule has 0 spiro atoms. The molecule has 1 fully saturated rings. The molecule has 0 radical (unpaired) electrons. The molecule has 6 nitrogen and oxygen atoms in total. The van der Waals surface area contributed by atoms with E-state index in [9.17, 15) is 13.2 Å². The Balaban J connectivity index is 1.81. The number of nitrogens with zero attached hydrogens (tertiary/aromatic N) is 2. The van der Waals surface area contributed by atoms with Gasteiger partial charge in [-0.15, -0.1) is 4.31 Å². The summed E-state index contributed by atoms with van der Waals surface area (Å²) in [5, 5.41) is 0.541. The maximum Gasteiger partial charge on any atom is 0.387 e. The Morgan fingerprint density at radius 3 is 2.52 bits per heavy atom. The number of carbonyl (C=O) groups excluding carboxylic acids is 1. The molecule has 0 bridgehead atoms. The van der Waals surface area contributed by atoms with Crippen molar-refractivity contribution in [3.8, 4) is 5.75 Å². The summed E-state index contributed by atoms with van der Waals surface area (Å²) in [5.41, 5.74) is 1.13. The second kappa shape index (κ2) is 4.95. The van der Waals surface area contributed by atoms with Gasteiger partial charge in [0.1, 0.15) is 11.8 Å². The van der Waals surface area contributed by atoms with Gasteiger partial charge >= 0.3 is 10.3 Å². The van der Waals surface area contributed by atoms with Crippen molar-refractivity contribution in [2.75, 3.05) is 11.6 Å². The van der Waals surface area contributed by atoms with Crippen LogP contribution in [-0.2, 0) is 15.1 Å². The van der Waals surface area contributed by atoms with Crippen LogP contribution < -0.4 is 9.08 Å². The third-order valence-electron chi connectivity index (χ3n) is 3.90. The van der Waals surface area contributed by atoms with Gasteiger partial charge in [-0.1, -0.05) is 29.8 Å². The second-order valence-corrected chi connectivity index (χ2v) is 7.18. The number of hydrogen-bond donors (Lipinski definition) is 0. The fourth-order valence-electron chi connectivity index (χ4n) is 2.82. The van der Waals surface area contributed by atoms with E-state index in [1.165, 1.54) is 4.90 Å². The zero-order valence-electron chi connectivity index (χ0n) is 11.7. The molecule has 0 aromatic heterocycles. The molecule has 1 amide bonds. The van der Waals surface area contributed by atoms with Gasteiger partial charge in [0.2, 0.25) is 0 Å². The van der Waals surface area contributed by atoms with E-state index >= 15 is 0 Å². The lowest BCUT2D eigenvalue weighted by Gasteiger charge is -2.27. The lowest BCUT2D eigenvalue weighted by molar-refractivity contribution is -0.119. The second-order valence-electron chi connectivity index (χ2n) is 5.25. The van der Waals surface area contributed by atoms with Gasteiger partial charge in [-0.05, 0) is 30.3 Å². The fourth-order valence-corrected chi connectivity index (χ4v) is 4.14. The third kappa shape index (κ3) is 2.20. The zero-order valence-corrected chi connectivity index (χ0v) is 13.3. The average Bonchev–Trinajstić information content (AvgIpc) is 2.87. The van der Waals surface area contributed by atoms with Gasteiger partial charge in [0.25, 0.3) is 5.91 Å². The summed E-state index contributed by atoms with van der Waals surface area (Å²) in [6.45, 7) is -0.0954. The van der Waals surface area contributed by atoms with Crippen LogP contribution in [0.1, 0.15) is 11.6 Å². The maximum absolute atomic E-state index is 12.8. The molecule has 8 heteroatoms. The summed E-state index contributed by atoms with van der Waals surface area (Å²) in [5.74, 6) is -0.119. The van der Waals surface area contributed by atoms with Gasteiger partial charge < -0.3 is 4.18 Å². The van der Waals surface area contributed by atoms with Crippen LogP contribution in [0, 0.1) is 0 Å². The molecular formula is C15H11ClN2O4S. The van der Waals surface area contributed by atoms with Gasteiger partial charge in [-0.3, -0.25) is 9.69 Å². The molecule has 1 atom stereocenters. The van der Waals surface area contributed by atoms with Crippen LogP contribution >= 0.6 is 11.6 Å². The van der Waals surface area contributed by atoms with Crippen molar-refractivity contribution < 1.29 is 17.4 Å². The van der Waals surface area contributed by atoms with Crippen molar-refractivity contribution >= 4 is 33.5 Å². The largest absolute Gasteiger partial charge is 0.387 e. The number of hydrogen-bond acceptors (Lipinski definition) is 4. The van der Waals surface area contributed by atoms with Crippen LogP contribution in [0.3, 0.4) is 0 Å². The van der Waals surface area contributed by atoms with Crippen molar-refractivity contribution in [2.45, 2.75) is 6.04 Å². The van der Waals surface area contributed by atoms with Crippen LogP contribution in [0.25, 0.3) is 0 Å². The summed E-state index contributed by atoms with van der Waals surface area (Å²) in [7, 11) is -4.01. The van der Waals surface area contributed by atoms with E-state index in [0.29, 0.717) is 16.3 Å². The molecule has 2 heterocycles. The number of para-hydroxylation sites is 1. The molecular weight excluding hydrogens is 340 g/mol. The topological polar surface area (TPSA) is 66.9 Å². The highest BCUT2D eigenvalue weighted by Crippen LogP contribution is 2.43. The molecule has 1 saturated heterocycles. The highest BCUT2D eigenvalue weighted by Gasteiger charge is 2.51. The standard InChI is InChI=1S/C15H11ClN2O4S/c16-10-5-7-11(8-6-10)17-9-18-14(15(17)19)12-3-1-2-4-13(12)22-23(18,20)21/h1-8,14H,9H2/t14-/m1/s1. The van der Waals surface area contributed by atoms with E-state index in [1.54, 1.807) is 48.5 Å². The lowest BCUT2D eigenvalue weighted by Crippen LogP contribution is -2.39. The van der Waals surface area contributed by atoms with Crippen LogP contribution in [0.15, 0.2) is 48.5 Å². The van der Waals surface area contributed by atoms with Crippen molar-refractivity contribution in [2.24, 2.45) is 0 Å². The Morgan fingerprint density at radius 2 is 1.78 bits per heavy atom. The monoisotopic (exact) mass is 350 g/mol. The number of benzene rings is 2. The van der Waals surface area contributed by atoms with Crippen LogP contribution in [0.2, 0.25) is 5.02 Å². The minimum atomic E-state index is -4.01. The Morgan fingerprint density at radius 1 is 1.09 bits per heavy atom. The predicted molar refractivity (Wildman–Crippen MR) is 84.4 cm³/mol. The highest BCUT2D eigenvalue weighted by atomic mass is 35.5. The minimum absolute atomic E-state index is 0.0954. The van der Waals surface area contributed by atoms with E-state index < -0.39 is 16.3 Å². The van der Waals surface area contributed by atoms with Crippen LogP contribution in [0.4, 0.5) is 5.69 Å². The third-order valence-corrected chi connectivity index (χ3v) is 5.45. The molecule has 2 aromatic carbocycles. The van der Waals surface area contributed by atoms with Gasteiger partial charge in [-0.2, -0.15) is 8.42 Å². The molecule has 4 rings (SSSR count). The van der Waals surface area contributed by atoms with E-state index in [1.807, 2.05) is 0 Å². The number of amides is 1. The number of anilines is 1. The smallest absolute Gasteiger partial charge is 0.370 e. The van der Waals surface area contributed by atoms with E-state index in [0.717, 1.165) is 4.31 Å². The van der Waals surface area contributed by atoms with Gasteiger partial charge in [0.15, 0.2) is 0 Å². The first-order chi connectivity index (χ1) is 11.0. The summed E-state index contributed by atoms with van der Waals surface area (Å²) in [4.78, 5) is 14.2. The van der Waals surface area contributed by atoms with Gasteiger partial charge in [-0.25, -0.2) is 0 Å². The summed E-state index contributed by atoms with van der Waals surface area (Å²) in [6, 6.07) is 12.4. The van der Waals surface area contributed by atoms with E-state index in [2.05, 4.69) is 0 Å². The summed E-state index contributed by atoms with van der Waals surface area (Å²) >= 11 is 5.86. The molecule has 0 N–H and O–H groups in total. The lowest BCUT2D eigenvalue weighted by atomic mass is 10.1. The fraction of sp³-hybridized carbons (Fsp3) is 0.133. The number of halogens is 1. The zero-order chi connectivity index (χ0) is 16.2. The minimum Gasteiger partial charge on any atom is -0.370 e. The summed E-state index contributed by atoms with van der Waals surface area (Å²) < 4.78 is 30.8. The van der Waals surface area contributed by atoms with E-state index in [4.69, 9.17) is 15.8 Å². The van der Waals surface area contributed by atoms with Gasteiger partial charge in [0.05, 0.1) is 6.67 Å². The Hall–Kier alpha value is -2.09. The molecule has 23 heavy (non-hydrogen) atoms. The SMILES string of the molecule is O=C1[C@H]2c3ccccc3OS(=O)(=O)N2CN1c1ccc(Cl)cc1. The molecule has 0 unspecified atom stereocenters. The first kappa shape index (κ1) is 14.5. The first-order valence-electron chi connectivity index (χ1n) is 6.84. The molecule has 0 saturated carbocycles. The van der Waals surface area contributed by atoms with Crippen LogP contribution in [-0.4, -0.2) is 25.3 Å². The number of fused-ring (bicyclic) bond motifs is 3. The highest BCUT2D eigenvalue weighted by molar-refractivity contribution is 7.84. The number of rotatable bonds is 1. The average molecular weight is 351 g/mol. The van der Waals surface area contributed by atoms with E-state index in [-0.39, 0.29) is 18.3 Å². The van der Waals surface area contributed by atoms with Crippen molar-refractivity contribution in [1.82, 2.24) is 4.31 Å². The van der Waals surface area contributed by atoms with Crippen molar-refractivity contribution in [1.29, 1.82) is 0 Å². The number of carbonyl (C=O) groups is 1. The summed E-state index contributed by atoms with van der Waals surface area (Å²) in [6.07, 6.45) is 0. The molecule has 2 aromatic rings. The molecule has 2 aliphatic rings.